The Morgan fingerprint density at radius 3 is 2.86 bits per heavy atom. The maximum atomic E-state index is 13.3. The Morgan fingerprint density at radius 2 is 2.05 bits per heavy atom. The fourth-order valence-electron chi connectivity index (χ4n) is 2.63. The third kappa shape index (κ3) is 3.11. The summed E-state index contributed by atoms with van der Waals surface area (Å²) in [4.78, 5) is 12.3. The molecule has 0 aliphatic carbocycles. The van der Waals surface area contributed by atoms with E-state index in [1.54, 1.807) is 13.0 Å². The maximum absolute atomic E-state index is 13.3. The number of fused-ring (bicyclic) bond motifs is 1. The van der Waals surface area contributed by atoms with Gasteiger partial charge in [-0.15, -0.1) is 0 Å². The van der Waals surface area contributed by atoms with Gasteiger partial charge in [-0.1, -0.05) is 6.07 Å². The molecule has 3 rings (SSSR count). The van der Waals surface area contributed by atoms with E-state index in [4.69, 9.17) is 0 Å². The first-order valence-electron chi connectivity index (χ1n) is 7.03. The summed E-state index contributed by atoms with van der Waals surface area (Å²) in [5, 5.41) is 6.04. The number of hydrogen-bond acceptors (Lipinski definition) is 2. The first kappa shape index (κ1) is 13.8. The van der Waals surface area contributed by atoms with Gasteiger partial charge in [0, 0.05) is 17.8 Å². The third-order valence-electron chi connectivity index (χ3n) is 3.66. The van der Waals surface area contributed by atoms with Crippen LogP contribution < -0.4 is 10.6 Å². The van der Waals surface area contributed by atoms with Crippen molar-refractivity contribution in [1.82, 2.24) is 5.32 Å². The van der Waals surface area contributed by atoms with E-state index in [2.05, 4.69) is 10.6 Å². The molecule has 4 heteroatoms. The van der Waals surface area contributed by atoms with Crippen molar-refractivity contribution in [3.63, 3.8) is 0 Å². The van der Waals surface area contributed by atoms with Gasteiger partial charge >= 0.3 is 0 Å². The molecule has 0 fully saturated rings. The van der Waals surface area contributed by atoms with Crippen LogP contribution in [0.5, 0.6) is 0 Å². The monoisotopic (exact) mass is 284 g/mol. The Labute approximate surface area is 123 Å². The Kier molecular flexibility index (Phi) is 3.71. The lowest BCUT2D eigenvalue weighted by Gasteiger charge is -2.17. The van der Waals surface area contributed by atoms with Crippen LogP contribution in [-0.4, -0.2) is 12.5 Å². The zero-order valence-electron chi connectivity index (χ0n) is 11.9. The van der Waals surface area contributed by atoms with Crippen molar-refractivity contribution in [3.8, 4) is 0 Å². The van der Waals surface area contributed by atoms with E-state index in [1.165, 1.54) is 17.7 Å². The molecule has 0 aromatic heterocycles. The largest absolute Gasteiger partial charge is 0.322 e. The minimum Gasteiger partial charge on any atom is -0.322 e. The summed E-state index contributed by atoms with van der Waals surface area (Å²) in [6.07, 6.45) is 0.986. The van der Waals surface area contributed by atoms with Crippen molar-refractivity contribution in [2.45, 2.75) is 19.9 Å². The predicted octanol–water partition coefficient (Wildman–Crippen LogP) is 3.03. The third-order valence-corrected chi connectivity index (χ3v) is 3.66. The molecule has 0 atom stereocenters. The molecule has 2 aromatic rings. The smallest absolute Gasteiger partial charge is 0.255 e. The van der Waals surface area contributed by atoms with Crippen molar-refractivity contribution >= 4 is 11.6 Å². The molecule has 1 aliphatic rings. The first-order valence-corrected chi connectivity index (χ1v) is 7.03. The molecule has 0 spiro atoms. The molecular formula is C17H17FN2O. The molecule has 108 valence electrons. The van der Waals surface area contributed by atoms with Crippen LogP contribution in [0.3, 0.4) is 0 Å². The SMILES string of the molecule is Cc1cc(F)cc(NC(=O)c2ccc3c(c2)CNCC3)c1. The molecule has 1 aliphatic heterocycles. The van der Waals surface area contributed by atoms with E-state index < -0.39 is 0 Å². The van der Waals surface area contributed by atoms with Gasteiger partial charge in [-0.2, -0.15) is 0 Å². The second-order valence-electron chi connectivity index (χ2n) is 5.38. The topological polar surface area (TPSA) is 41.1 Å². The van der Waals surface area contributed by atoms with Gasteiger partial charge in [0.1, 0.15) is 5.82 Å². The van der Waals surface area contributed by atoms with Crippen LogP contribution in [-0.2, 0) is 13.0 Å². The number of amides is 1. The molecule has 2 aromatic carbocycles. The number of rotatable bonds is 2. The molecule has 0 saturated carbocycles. The Balaban J connectivity index is 1.82. The summed E-state index contributed by atoms with van der Waals surface area (Å²) in [5.74, 6) is -0.562. The van der Waals surface area contributed by atoms with Crippen LogP contribution in [0.25, 0.3) is 0 Å². The Hall–Kier alpha value is -2.20. The summed E-state index contributed by atoms with van der Waals surface area (Å²) in [6, 6.07) is 10.2. The highest BCUT2D eigenvalue weighted by atomic mass is 19.1. The number of benzene rings is 2. The van der Waals surface area contributed by atoms with Crippen molar-refractivity contribution in [2.24, 2.45) is 0 Å². The van der Waals surface area contributed by atoms with Gasteiger partial charge in [0.2, 0.25) is 0 Å². The highest BCUT2D eigenvalue weighted by molar-refractivity contribution is 6.04. The van der Waals surface area contributed by atoms with E-state index in [-0.39, 0.29) is 11.7 Å². The van der Waals surface area contributed by atoms with Crippen molar-refractivity contribution in [2.75, 3.05) is 11.9 Å². The fourth-order valence-corrected chi connectivity index (χ4v) is 2.63. The summed E-state index contributed by atoms with van der Waals surface area (Å²) >= 11 is 0. The van der Waals surface area contributed by atoms with Gasteiger partial charge in [-0.25, -0.2) is 4.39 Å². The average Bonchev–Trinajstić information content (AvgIpc) is 2.45. The molecule has 0 radical (unpaired) electrons. The average molecular weight is 284 g/mol. The molecular weight excluding hydrogens is 267 g/mol. The van der Waals surface area contributed by atoms with Crippen molar-refractivity contribution < 1.29 is 9.18 Å². The number of nitrogens with one attached hydrogen (secondary N) is 2. The second kappa shape index (κ2) is 5.66. The summed E-state index contributed by atoms with van der Waals surface area (Å²) in [6.45, 7) is 3.56. The number of hydrogen-bond donors (Lipinski definition) is 2. The van der Waals surface area contributed by atoms with Gasteiger partial charge in [0.05, 0.1) is 0 Å². The van der Waals surface area contributed by atoms with Gasteiger partial charge in [0.15, 0.2) is 0 Å². The number of carbonyl (C=O) groups excluding carboxylic acids is 1. The van der Waals surface area contributed by atoms with Crippen LogP contribution >= 0.6 is 0 Å². The van der Waals surface area contributed by atoms with E-state index >= 15 is 0 Å². The van der Waals surface area contributed by atoms with Crippen LogP contribution in [0.1, 0.15) is 27.0 Å². The molecule has 21 heavy (non-hydrogen) atoms. The molecule has 2 N–H and O–H groups in total. The number of carbonyl (C=O) groups is 1. The highest BCUT2D eigenvalue weighted by Gasteiger charge is 2.13. The summed E-state index contributed by atoms with van der Waals surface area (Å²) in [5.41, 5.74) is 4.30. The van der Waals surface area contributed by atoms with Crippen molar-refractivity contribution in [3.05, 3.63) is 64.5 Å². The normalized spacial score (nSPS) is 13.6. The first-order chi connectivity index (χ1) is 10.1. The molecule has 3 nitrogen and oxygen atoms in total. The van der Waals surface area contributed by atoms with E-state index in [0.29, 0.717) is 11.3 Å². The van der Waals surface area contributed by atoms with Gasteiger partial charge in [0.25, 0.3) is 5.91 Å². The zero-order valence-corrected chi connectivity index (χ0v) is 11.9. The number of halogens is 1. The molecule has 0 bridgehead atoms. The molecule has 0 unspecified atom stereocenters. The Bertz CT molecular complexity index is 677. The number of aryl methyl sites for hydroxylation is 1. The van der Waals surface area contributed by atoms with Gasteiger partial charge in [-0.3, -0.25) is 4.79 Å². The Morgan fingerprint density at radius 1 is 1.19 bits per heavy atom. The quantitative estimate of drug-likeness (QED) is 0.890. The summed E-state index contributed by atoms with van der Waals surface area (Å²) in [7, 11) is 0. The van der Waals surface area contributed by atoms with Crippen LogP contribution in [0, 0.1) is 12.7 Å². The van der Waals surface area contributed by atoms with Crippen LogP contribution in [0.2, 0.25) is 0 Å². The van der Waals surface area contributed by atoms with E-state index in [1.807, 2.05) is 18.2 Å². The lowest BCUT2D eigenvalue weighted by atomic mass is 9.98. The molecule has 0 saturated heterocycles. The predicted molar refractivity (Wildman–Crippen MR) is 80.9 cm³/mol. The standard InChI is InChI=1S/C17H17FN2O/c1-11-6-15(18)9-16(7-11)20-17(21)13-3-2-12-4-5-19-10-14(12)8-13/h2-3,6-9,19H,4-5,10H2,1H3,(H,20,21). The van der Waals surface area contributed by atoms with Gasteiger partial charge in [-0.05, 0) is 66.9 Å². The second-order valence-corrected chi connectivity index (χ2v) is 5.38. The maximum Gasteiger partial charge on any atom is 0.255 e. The molecule has 1 heterocycles. The van der Waals surface area contributed by atoms with Crippen LogP contribution in [0.15, 0.2) is 36.4 Å². The fraction of sp³-hybridized carbons (Fsp3) is 0.235. The summed E-state index contributed by atoms with van der Waals surface area (Å²) < 4.78 is 13.3. The number of anilines is 1. The lowest BCUT2D eigenvalue weighted by molar-refractivity contribution is 0.102. The van der Waals surface area contributed by atoms with E-state index in [0.717, 1.165) is 30.6 Å². The van der Waals surface area contributed by atoms with Crippen molar-refractivity contribution in [1.29, 1.82) is 0 Å². The van der Waals surface area contributed by atoms with E-state index in [9.17, 15) is 9.18 Å². The molecule has 1 amide bonds. The highest BCUT2D eigenvalue weighted by Crippen LogP contribution is 2.18. The minimum atomic E-state index is -0.347. The lowest BCUT2D eigenvalue weighted by Crippen LogP contribution is -2.24. The van der Waals surface area contributed by atoms with Gasteiger partial charge < -0.3 is 10.6 Å². The van der Waals surface area contributed by atoms with Crippen LogP contribution in [0.4, 0.5) is 10.1 Å². The minimum absolute atomic E-state index is 0.214. The zero-order chi connectivity index (χ0) is 14.8.